The second-order valence-corrected chi connectivity index (χ2v) is 6.35. The SMILES string of the molecule is CN=C(NCCc1ccccc1)NCc1ccc(N2CCOCC2)cc1. The first kappa shape index (κ1) is 18.3. The Bertz CT molecular complexity index is 679. The van der Waals surface area contributed by atoms with E-state index < -0.39 is 0 Å². The highest BCUT2D eigenvalue weighted by Gasteiger charge is 2.10. The largest absolute Gasteiger partial charge is 0.378 e. The Morgan fingerprint density at radius 2 is 1.69 bits per heavy atom. The predicted octanol–water partition coefficient (Wildman–Crippen LogP) is 2.43. The van der Waals surface area contributed by atoms with Crippen LogP contribution in [0.3, 0.4) is 0 Å². The molecular formula is C21H28N4O. The minimum atomic E-state index is 0.758. The van der Waals surface area contributed by atoms with Gasteiger partial charge in [0, 0.05) is 38.9 Å². The van der Waals surface area contributed by atoms with E-state index in [2.05, 4.69) is 69.1 Å². The van der Waals surface area contributed by atoms with Gasteiger partial charge in [-0.2, -0.15) is 0 Å². The van der Waals surface area contributed by atoms with Crippen molar-refractivity contribution in [3.63, 3.8) is 0 Å². The van der Waals surface area contributed by atoms with E-state index >= 15 is 0 Å². The van der Waals surface area contributed by atoms with Crippen LogP contribution >= 0.6 is 0 Å². The molecule has 1 aliphatic rings. The Balaban J connectivity index is 1.43. The Morgan fingerprint density at radius 1 is 0.962 bits per heavy atom. The molecule has 5 nitrogen and oxygen atoms in total. The molecule has 2 N–H and O–H groups in total. The van der Waals surface area contributed by atoms with E-state index in [0.29, 0.717) is 0 Å². The number of benzene rings is 2. The Kier molecular flexibility index (Phi) is 6.90. The van der Waals surface area contributed by atoms with Crippen molar-refractivity contribution in [3.8, 4) is 0 Å². The number of anilines is 1. The van der Waals surface area contributed by atoms with Gasteiger partial charge in [-0.3, -0.25) is 4.99 Å². The van der Waals surface area contributed by atoms with Gasteiger partial charge in [0.2, 0.25) is 0 Å². The molecule has 1 fully saturated rings. The fourth-order valence-corrected chi connectivity index (χ4v) is 3.02. The number of aliphatic imine (C=N–C) groups is 1. The molecule has 1 heterocycles. The lowest BCUT2D eigenvalue weighted by molar-refractivity contribution is 0.122. The van der Waals surface area contributed by atoms with E-state index in [-0.39, 0.29) is 0 Å². The second-order valence-electron chi connectivity index (χ2n) is 6.35. The molecule has 0 radical (unpaired) electrons. The Hall–Kier alpha value is -2.53. The zero-order valence-corrected chi connectivity index (χ0v) is 15.4. The van der Waals surface area contributed by atoms with Crippen molar-refractivity contribution < 1.29 is 4.74 Å². The molecule has 0 aliphatic carbocycles. The van der Waals surface area contributed by atoms with Crippen LogP contribution in [0.25, 0.3) is 0 Å². The summed E-state index contributed by atoms with van der Waals surface area (Å²) in [6, 6.07) is 19.2. The van der Waals surface area contributed by atoms with Gasteiger partial charge in [-0.15, -0.1) is 0 Å². The zero-order chi connectivity index (χ0) is 18.0. The van der Waals surface area contributed by atoms with E-state index in [1.165, 1.54) is 16.8 Å². The van der Waals surface area contributed by atoms with Gasteiger partial charge in [-0.1, -0.05) is 42.5 Å². The molecule has 5 heteroatoms. The molecule has 2 aromatic carbocycles. The van der Waals surface area contributed by atoms with Crippen molar-refractivity contribution in [1.82, 2.24) is 10.6 Å². The van der Waals surface area contributed by atoms with E-state index in [0.717, 1.165) is 51.8 Å². The average Bonchev–Trinajstić information content (AvgIpc) is 2.72. The van der Waals surface area contributed by atoms with Gasteiger partial charge in [-0.25, -0.2) is 0 Å². The molecule has 0 saturated carbocycles. The van der Waals surface area contributed by atoms with Crippen LogP contribution in [0.5, 0.6) is 0 Å². The fraction of sp³-hybridized carbons (Fsp3) is 0.381. The van der Waals surface area contributed by atoms with Gasteiger partial charge in [0.1, 0.15) is 0 Å². The molecule has 0 bridgehead atoms. The highest BCUT2D eigenvalue weighted by atomic mass is 16.5. The van der Waals surface area contributed by atoms with Crippen molar-refractivity contribution in [2.45, 2.75) is 13.0 Å². The standard InChI is InChI=1S/C21H28N4O/c1-22-21(23-12-11-18-5-3-2-4-6-18)24-17-19-7-9-20(10-8-19)25-13-15-26-16-14-25/h2-10H,11-17H2,1H3,(H2,22,23,24). The van der Waals surface area contributed by atoms with Crippen LogP contribution in [-0.2, 0) is 17.7 Å². The highest BCUT2D eigenvalue weighted by Crippen LogP contribution is 2.16. The number of rotatable bonds is 6. The maximum absolute atomic E-state index is 5.41. The normalized spacial score (nSPS) is 15.0. The van der Waals surface area contributed by atoms with E-state index in [1.54, 1.807) is 7.05 Å². The van der Waals surface area contributed by atoms with Gasteiger partial charge in [0.25, 0.3) is 0 Å². The number of nitrogens with zero attached hydrogens (tertiary/aromatic N) is 2. The third-order valence-corrected chi connectivity index (χ3v) is 4.55. The van der Waals surface area contributed by atoms with Crippen LogP contribution in [0.4, 0.5) is 5.69 Å². The lowest BCUT2D eigenvalue weighted by Crippen LogP contribution is -2.38. The number of hydrogen-bond donors (Lipinski definition) is 2. The van der Waals surface area contributed by atoms with Gasteiger partial charge >= 0.3 is 0 Å². The van der Waals surface area contributed by atoms with Crippen molar-refractivity contribution in [2.75, 3.05) is 44.8 Å². The van der Waals surface area contributed by atoms with Crippen LogP contribution in [0.15, 0.2) is 59.6 Å². The molecule has 3 rings (SSSR count). The van der Waals surface area contributed by atoms with Gasteiger partial charge in [0.15, 0.2) is 5.96 Å². The van der Waals surface area contributed by atoms with Gasteiger partial charge in [-0.05, 0) is 29.7 Å². The smallest absolute Gasteiger partial charge is 0.191 e. The first-order valence-corrected chi connectivity index (χ1v) is 9.25. The van der Waals surface area contributed by atoms with E-state index in [4.69, 9.17) is 4.74 Å². The van der Waals surface area contributed by atoms with Crippen molar-refractivity contribution in [3.05, 3.63) is 65.7 Å². The summed E-state index contributed by atoms with van der Waals surface area (Å²) in [7, 11) is 1.80. The van der Waals surface area contributed by atoms with Crippen LogP contribution in [0.1, 0.15) is 11.1 Å². The molecule has 0 unspecified atom stereocenters. The summed E-state index contributed by atoms with van der Waals surface area (Å²) < 4.78 is 5.41. The average molecular weight is 352 g/mol. The Labute approximate surface area is 156 Å². The number of hydrogen-bond acceptors (Lipinski definition) is 3. The minimum absolute atomic E-state index is 0.758. The summed E-state index contributed by atoms with van der Waals surface area (Å²) in [5.41, 5.74) is 3.84. The second kappa shape index (κ2) is 9.82. The summed E-state index contributed by atoms with van der Waals surface area (Å²) >= 11 is 0. The summed E-state index contributed by atoms with van der Waals surface area (Å²) in [6.45, 7) is 5.18. The van der Waals surface area contributed by atoms with E-state index in [1.807, 2.05) is 6.07 Å². The van der Waals surface area contributed by atoms with Crippen LogP contribution < -0.4 is 15.5 Å². The first-order chi connectivity index (χ1) is 12.8. The maximum Gasteiger partial charge on any atom is 0.191 e. The molecule has 138 valence electrons. The summed E-state index contributed by atoms with van der Waals surface area (Å²) in [4.78, 5) is 6.66. The number of nitrogens with one attached hydrogen (secondary N) is 2. The van der Waals surface area contributed by atoms with Crippen LogP contribution in [-0.4, -0.2) is 45.9 Å². The van der Waals surface area contributed by atoms with Gasteiger partial charge in [0.05, 0.1) is 13.2 Å². The highest BCUT2D eigenvalue weighted by molar-refractivity contribution is 5.79. The summed E-state index contributed by atoms with van der Waals surface area (Å²) in [5.74, 6) is 0.832. The van der Waals surface area contributed by atoms with Crippen LogP contribution in [0.2, 0.25) is 0 Å². The molecule has 26 heavy (non-hydrogen) atoms. The molecule has 0 atom stereocenters. The number of guanidine groups is 1. The number of morpholine rings is 1. The molecule has 0 amide bonds. The molecule has 0 aromatic heterocycles. The summed E-state index contributed by atoms with van der Waals surface area (Å²) in [6.07, 6.45) is 0.982. The zero-order valence-electron chi connectivity index (χ0n) is 15.4. The predicted molar refractivity (Wildman–Crippen MR) is 108 cm³/mol. The lowest BCUT2D eigenvalue weighted by atomic mass is 10.1. The van der Waals surface area contributed by atoms with Crippen molar-refractivity contribution in [2.24, 2.45) is 4.99 Å². The maximum atomic E-state index is 5.41. The fourth-order valence-electron chi connectivity index (χ4n) is 3.02. The molecule has 1 aliphatic heterocycles. The summed E-state index contributed by atoms with van der Waals surface area (Å²) in [5, 5.41) is 6.74. The molecule has 1 saturated heterocycles. The topological polar surface area (TPSA) is 48.9 Å². The quantitative estimate of drug-likeness (QED) is 0.619. The molecule has 0 spiro atoms. The Morgan fingerprint density at radius 3 is 2.38 bits per heavy atom. The van der Waals surface area contributed by atoms with E-state index in [9.17, 15) is 0 Å². The van der Waals surface area contributed by atoms with Crippen LogP contribution in [0, 0.1) is 0 Å². The first-order valence-electron chi connectivity index (χ1n) is 9.25. The minimum Gasteiger partial charge on any atom is -0.378 e. The third kappa shape index (κ3) is 5.49. The lowest BCUT2D eigenvalue weighted by Gasteiger charge is -2.28. The number of ether oxygens (including phenoxy) is 1. The monoisotopic (exact) mass is 352 g/mol. The van der Waals surface area contributed by atoms with Gasteiger partial charge < -0.3 is 20.3 Å². The van der Waals surface area contributed by atoms with Crippen molar-refractivity contribution >= 4 is 11.6 Å². The third-order valence-electron chi connectivity index (χ3n) is 4.55. The molecule has 2 aromatic rings. The molecular weight excluding hydrogens is 324 g/mol. The van der Waals surface area contributed by atoms with Crippen molar-refractivity contribution in [1.29, 1.82) is 0 Å².